The van der Waals surface area contributed by atoms with E-state index in [1.807, 2.05) is 37.5 Å². The van der Waals surface area contributed by atoms with Crippen molar-refractivity contribution in [2.75, 3.05) is 20.7 Å². The number of amides is 2. The predicted octanol–water partition coefficient (Wildman–Crippen LogP) is 3.49. The van der Waals surface area contributed by atoms with Gasteiger partial charge < -0.3 is 19.5 Å². The minimum Gasteiger partial charge on any atom is -0.480 e. The second kappa shape index (κ2) is 10.6. The molecule has 1 aromatic carbocycles. The molecule has 0 radical (unpaired) electrons. The number of hydrogen-bond donors (Lipinski definition) is 1. The van der Waals surface area contributed by atoms with E-state index in [4.69, 9.17) is 4.74 Å². The summed E-state index contributed by atoms with van der Waals surface area (Å²) in [7, 11) is 5.13. The van der Waals surface area contributed by atoms with Gasteiger partial charge in [-0.2, -0.15) is 0 Å². The maximum atomic E-state index is 13.3. The topological polar surface area (TPSA) is 76.5 Å². The zero-order chi connectivity index (χ0) is 23.1. The van der Waals surface area contributed by atoms with Crippen LogP contribution in [0.3, 0.4) is 0 Å². The molecule has 2 unspecified atom stereocenters. The molecular weight excluding hydrogens is 404 g/mol. The molecule has 0 saturated carbocycles. The Kier molecular flexibility index (Phi) is 7.65. The van der Waals surface area contributed by atoms with E-state index in [0.29, 0.717) is 30.1 Å². The van der Waals surface area contributed by atoms with Crippen molar-refractivity contribution in [3.05, 3.63) is 83.8 Å². The monoisotopic (exact) mass is 434 g/mol. The highest BCUT2D eigenvalue weighted by Gasteiger charge is 2.29. The number of benzene rings is 1. The van der Waals surface area contributed by atoms with Crippen LogP contribution in [0.15, 0.2) is 67.0 Å². The summed E-state index contributed by atoms with van der Waals surface area (Å²) in [5, 5.41) is 2.98. The Bertz CT molecular complexity index is 1050. The van der Waals surface area contributed by atoms with Gasteiger partial charge in [-0.3, -0.25) is 9.59 Å². The molecule has 2 amide bonds. The lowest BCUT2D eigenvalue weighted by atomic mass is 9.90. The van der Waals surface area contributed by atoms with Crippen LogP contribution in [0, 0.1) is 0 Å². The number of likely N-dealkylation sites (N-methyl/N-ethyl adjacent to an activating group) is 1. The molecule has 7 heteroatoms. The lowest BCUT2D eigenvalue weighted by Crippen LogP contribution is -2.42. The Labute approximate surface area is 189 Å². The molecule has 0 aliphatic rings. The maximum absolute atomic E-state index is 13.3. The first-order chi connectivity index (χ1) is 15.4. The van der Waals surface area contributed by atoms with E-state index in [0.717, 1.165) is 5.56 Å². The minimum absolute atomic E-state index is 0.0553. The summed E-state index contributed by atoms with van der Waals surface area (Å²) >= 11 is 0. The van der Waals surface area contributed by atoms with E-state index in [1.165, 1.54) is 7.11 Å². The molecule has 0 fully saturated rings. The first kappa shape index (κ1) is 23.1. The number of pyridine rings is 1. The van der Waals surface area contributed by atoms with E-state index in [-0.39, 0.29) is 23.8 Å². The fraction of sp³-hybridized carbons (Fsp3) is 0.320. The van der Waals surface area contributed by atoms with Gasteiger partial charge in [-0.25, -0.2) is 4.98 Å². The van der Waals surface area contributed by atoms with Crippen molar-refractivity contribution >= 4 is 11.8 Å². The van der Waals surface area contributed by atoms with Crippen molar-refractivity contribution in [2.45, 2.75) is 25.3 Å². The van der Waals surface area contributed by atoms with Crippen molar-refractivity contribution in [3.63, 3.8) is 0 Å². The standard InChI is InChI=1S/C25H30N4O3/c1-18(19-10-6-5-7-11-19)21(14-16-26-23(30)22-13-9-17-28(22)2)29(3)25(31)20-12-8-15-27-24(20)32-4/h5-13,15,17-18,21H,14,16H2,1-4H3,(H,26,30). The summed E-state index contributed by atoms with van der Waals surface area (Å²) in [6, 6.07) is 17.0. The average molecular weight is 435 g/mol. The highest BCUT2D eigenvalue weighted by atomic mass is 16.5. The van der Waals surface area contributed by atoms with E-state index >= 15 is 0 Å². The molecule has 3 rings (SSSR count). The molecule has 7 nitrogen and oxygen atoms in total. The zero-order valence-corrected chi connectivity index (χ0v) is 19.0. The number of rotatable bonds is 9. The van der Waals surface area contributed by atoms with Gasteiger partial charge in [0.1, 0.15) is 11.3 Å². The number of ether oxygens (including phenoxy) is 1. The number of methoxy groups -OCH3 is 1. The van der Waals surface area contributed by atoms with E-state index < -0.39 is 0 Å². The summed E-state index contributed by atoms with van der Waals surface area (Å²) in [6.07, 6.45) is 4.03. The van der Waals surface area contributed by atoms with Crippen LogP contribution in [0.2, 0.25) is 0 Å². The van der Waals surface area contributed by atoms with Gasteiger partial charge >= 0.3 is 0 Å². The largest absolute Gasteiger partial charge is 0.480 e. The average Bonchev–Trinajstić information content (AvgIpc) is 3.27. The van der Waals surface area contributed by atoms with Gasteiger partial charge in [-0.1, -0.05) is 37.3 Å². The number of carbonyl (C=O) groups is 2. The Balaban J connectivity index is 1.79. The number of aryl methyl sites for hydroxylation is 1. The number of aromatic nitrogens is 2. The Morgan fingerprint density at radius 1 is 1.12 bits per heavy atom. The lowest BCUT2D eigenvalue weighted by molar-refractivity contribution is 0.0697. The smallest absolute Gasteiger partial charge is 0.267 e. The summed E-state index contributed by atoms with van der Waals surface area (Å²) in [6.45, 7) is 2.54. The third-order valence-electron chi connectivity index (χ3n) is 5.82. The van der Waals surface area contributed by atoms with E-state index in [1.54, 1.807) is 40.9 Å². The molecule has 168 valence electrons. The summed E-state index contributed by atoms with van der Waals surface area (Å²) < 4.78 is 7.07. The Morgan fingerprint density at radius 3 is 2.53 bits per heavy atom. The highest BCUT2D eigenvalue weighted by molar-refractivity contribution is 5.96. The maximum Gasteiger partial charge on any atom is 0.267 e. The Morgan fingerprint density at radius 2 is 1.88 bits per heavy atom. The van der Waals surface area contributed by atoms with Gasteiger partial charge in [0.15, 0.2) is 0 Å². The zero-order valence-electron chi connectivity index (χ0n) is 19.0. The van der Waals surface area contributed by atoms with Crippen LogP contribution < -0.4 is 10.1 Å². The van der Waals surface area contributed by atoms with Crippen LogP contribution in [0.4, 0.5) is 0 Å². The molecule has 0 aliphatic carbocycles. The van der Waals surface area contributed by atoms with Crippen molar-refractivity contribution in [1.82, 2.24) is 19.8 Å². The van der Waals surface area contributed by atoms with Crippen LogP contribution in [-0.2, 0) is 7.05 Å². The summed E-state index contributed by atoms with van der Waals surface area (Å²) in [5.74, 6) is 0.0512. The van der Waals surface area contributed by atoms with Crippen molar-refractivity contribution in [3.8, 4) is 5.88 Å². The van der Waals surface area contributed by atoms with Gasteiger partial charge in [-0.15, -0.1) is 0 Å². The van der Waals surface area contributed by atoms with Crippen LogP contribution in [0.1, 0.15) is 45.7 Å². The van der Waals surface area contributed by atoms with Crippen LogP contribution in [-0.4, -0.2) is 53.0 Å². The first-order valence-corrected chi connectivity index (χ1v) is 10.6. The fourth-order valence-corrected chi connectivity index (χ4v) is 3.94. The van der Waals surface area contributed by atoms with Gasteiger partial charge in [0.05, 0.1) is 7.11 Å². The van der Waals surface area contributed by atoms with Crippen LogP contribution in [0.5, 0.6) is 5.88 Å². The second-order valence-electron chi connectivity index (χ2n) is 7.79. The van der Waals surface area contributed by atoms with Gasteiger partial charge in [0, 0.05) is 45.0 Å². The van der Waals surface area contributed by atoms with E-state index in [2.05, 4.69) is 29.4 Å². The molecule has 2 aromatic heterocycles. The summed E-state index contributed by atoms with van der Waals surface area (Å²) in [4.78, 5) is 31.7. The molecule has 0 saturated heterocycles. The number of hydrogen-bond acceptors (Lipinski definition) is 4. The van der Waals surface area contributed by atoms with E-state index in [9.17, 15) is 9.59 Å². The molecule has 2 heterocycles. The number of carbonyl (C=O) groups excluding carboxylic acids is 2. The molecular formula is C25H30N4O3. The molecule has 0 bridgehead atoms. The second-order valence-corrected chi connectivity index (χ2v) is 7.79. The quantitative estimate of drug-likeness (QED) is 0.559. The predicted molar refractivity (Wildman–Crippen MR) is 124 cm³/mol. The van der Waals surface area contributed by atoms with Crippen LogP contribution >= 0.6 is 0 Å². The lowest BCUT2D eigenvalue weighted by Gasteiger charge is -2.33. The fourth-order valence-electron chi connectivity index (χ4n) is 3.94. The van der Waals surface area contributed by atoms with Crippen molar-refractivity contribution in [2.24, 2.45) is 7.05 Å². The van der Waals surface area contributed by atoms with Crippen LogP contribution in [0.25, 0.3) is 0 Å². The van der Waals surface area contributed by atoms with Gasteiger partial charge in [0.25, 0.3) is 11.8 Å². The third kappa shape index (κ3) is 5.17. The van der Waals surface area contributed by atoms with Gasteiger partial charge in [0.2, 0.25) is 5.88 Å². The number of nitrogens with one attached hydrogen (secondary N) is 1. The van der Waals surface area contributed by atoms with Crippen molar-refractivity contribution in [1.29, 1.82) is 0 Å². The minimum atomic E-state index is -0.170. The third-order valence-corrected chi connectivity index (χ3v) is 5.82. The molecule has 1 N–H and O–H groups in total. The van der Waals surface area contributed by atoms with Gasteiger partial charge in [-0.05, 0) is 36.2 Å². The Hall–Kier alpha value is -3.61. The summed E-state index contributed by atoms with van der Waals surface area (Å²) in [5.41, 5.74) is 2.14. The highest BCUT2D eigenvalue weighted by Crippen LogP contribution is 2.27. The normalized spacial score (nSPS) is 12.6. The SMILES string of the molecule is COc1ncccc1C(=O)N(C)C(CCNC(=O)c1cccn1C)C(C)c1ccccc1. The number of nitrogens with zero attached hydrogens (tertiary/aromatic N) is 3. The molecule has 3 aromatic rings. The first-order valence-electron chi connectivity index (χ1n) is 10.6. The molecule has 0 aliphatic heterocycles. The molecule has 0 spiro atoms. The molecule has 32 heavy (non-hydrogen) atoms. The van der Waals surface area contributed by atoms with Crippen molar-refractivity contribution < 1.29 is 14.3 Å². The molecule has 2 atom stereocenters.